The van der Waals surface area contributed by atoms with E-state index in [9.17, 15) is 9.59 Å². The molecule has 1 aliphatic rings. The molecule has 25 heavy (non-hydrogen) atoms. The number of piperidine rings is 1. The summed E-state index contributed by atoms with van der Waals surface area (Å²) in [6.45, 7) is 2.50. The fourth-order valence-corrected chi connectivity index (χ4v) is 3.37. The molecule has 2 heterocycles. The SMILES string of the molecule is C[C@@H](NC(=O)c1ccoc1)C(=O)N1CCCC[C@H]1Cc1ccccc1. The number of likely N-dealkylation sites (tertiary alicyclic amines) is 1. The second kappa shape index (κ2) is 8.01. The van der Waals surface area contributed by atoms with Crippen molar-refractivity contribution >= 4 is 11.8 Å². The lowest BCUT2D eigenvalue weighted by Gasteiger charge is -2.37. The maximum absolute atomic E-state index is 12.9. The highest BCUT2D eigenvalue weighted by Crippen LogP contribution is 2.21. The van der Waals surface area contributed by atoms with Crippen LogP contribution in [0.3, 0.4) is 0 Å². The molecule has 1 N–H and O–H groups in total. The van der Waals surface area contributed by atoms with Crippen LogP contribution in [0.2, 0.25) is 0 Å². The molecule has 0 radical (unpaired) electrons. The molecule has 5 nitrogen and oxygen atoms in total. The van der Waals surface area contributed by atoms with E-state index >= 15 is 0 Å². The molecule has 1 aromatic heterocycles. The third-order valence-electron chi connectivity index (χ3n) is 4.73. The molecular formula is C20H24N2O3. The number of rotatable bonds is 5. The van der Waals surface area contributed by atoms with E-state index < -0.39 is 6.04 Å². The Bertz CT molecular complexity index is 697. The van der Waals surface area contributed by atoms with Crippen LogP contribution in [0.1, 0.15) is 42.1 Å². The van der Waals surface area contributed by atoms with Gasteiger partial charge in [-0.2, -0.15) is 0 Å². The molecule has 0 aliphatic carbocycles. The van der Waals surface area contributed by atoms with E-state index in [2.05, 4.69) is 17.4 Å². The molecule has 2 atom stereocenters. The molecule has 132 valence electrons. The van der Waals surface area contributed by atoms with Gasteiger partial charge in [0.25, 0.3) is 5.91 Å². The Morgan fingerprint density at radius 2 is 2.04 bits per heavy atom. The molecule has 1 saturated heterocycles. The zero-order valence-corrected chi connectivity index (χ0v) is 14.5. The number of carbonyl (C=O) groups excluding carboxylic acids is 2. The van der Waals surface area contributed by atoms with Crippen molar-refractivity contribution in [3.05, 3.63) is 60.1 Å². The third-order valence-corrected chi connectivity index (χ3v) is 4.73. The summed E-state index contributed by atoms with van der Waals surface area (Å²) >= 11 is 0. The highest BCUT2D eigenvalue weighted by molar-refractivity contribution is 5.97. The van der Waals surface area contributed by atoms with Gasteiger partial charge in [-0.05, 0) is 44.2 Å². The summed E-state index contributed by atoms with van der Waals surface area (Å²) in [6, 6.07) is 11.5. The van der Waals surface area contributed by atoms with Gasteiger partial charge in [-0.1, -0.05) is 30.3 Å². The first-order valence-corrected chi connectivity index (χ1v) is 8.82. The molecule has 1 fully saturated rings. The molecule has 0 unspecified atom stereocenters. The lowest BCUT2D eigenvalue weighted by Crippen LogP contribution is -2.52. The van der Waals surface area contributed by atoms with Crippen molar-refractivity contribution in [3.8, 4) is 0 Å². The van der Waals surface area contributed by atoms with Crippen molar-refractivity contribution in [3.63, 3.8) is 0 Å². The van der Waals surface area contributed by atoms with Gasteiger partial charge in [0.2, 0.25) is 5.91 Å². The van der Waals surface area contributed by atoms with Gasteiger partial charge in [0, 0.05) is 12.6 Å². The second-order valence-corrected chi connectivity index (χ2v) is 6.58. The quantitative estimate of drug-likeness (QED) is 0.910. The zero-order chi connectivity index (χ0) is 17.6. The Morgan fingerprint density at radius 1 is 1.24 bits per heavy atom. The maximum Gasteiger partial charge on any atom is 0.255 e. The molecule has 0 saturated carbocycles. The highest BCUT2D eigenvalue weighted by atomic mass is 16.3. The van der Waals surface area contributed by atoms with E-state index in [1.165, 1.54) is 18.1 Å². The van der Waals surface area contributed by atoms with Crippen LogP contribution in [0.15, 0.2) is 53.3 Å². The summed E-state index contributed by atoms with van der Waals surface area (Å²) in [6.07, 6.45) is 6.84. The normalized spacial score (nSPS) is 18.6. The van der Waals surface area contributed by atoms with E-state index in [4.69, 9.17) is 4.42 Å². The Labute approximate surface area is 148 Å². The molecular weight excluding hydrogens is 316 g/mol. The number of hydrogen-bond acceptors (Lipinski definition) is 3. The van der Waals surface area contributed by atoms with Crippen molar-refractivity contribution in [2.24, 2.45) is 0 Å². The van der Waals surface area contributed by atoms with Crippen molar-refractivity contribution < 1.29 is 14.0 Å². The summed E-state index contributed by atoms with van der Waals surface area (Å²) in [5, 5.41) is 2.77. The molecule has 0 spiro atoms. The monoisotopic (exact) mass is 340 g/mol. The zero-order valence-electron chi connectivity index (χ0n) is 14.5. The molecule has 2 amide bonds. The van der Waals surface area contributed by atoms with Crippen molar-refractivity contribution in [2.45, 2.75) is 44.7 Å². The van der Waals surface area contributed by atoms with Crippen LogP contribution < -0.4 is 5.32 Å². The molecule has 1 aromatic carbocycles. The number of carbonyl (C=O) groups is 2. The third kappa shape index (κ3) is 4.29. The van der Waals surface area contributed by atoms with E-state index in [1.807, 2.05) is 23.1 Å². The number of furan rings is 1. The number of benzene rings is 1. The lowest BCUT2D eigenvalue weighted by atomic mass is 9.95. The van der Waals surface area contributed by atoms with Gasteiger partial charge in [0.15, 0.2) is 0 Å². The number of amides is 2. The summed E-state index contributed by atoms with van der Waals surface area (Å²) in [5.41, 5.74) is 1.67. The number of hydrogen-bond donors (Lipinski definition) is 1. The van der Waals surface area contributed by atoms with Gasteiger partial charge in [-0.3, -0.25) is 9.59 Å². The average Bonchev–Trinajstić information content (AvgIpc) is 3.17. The standard InChI is InChI=1S/C20H24N2O3/c1-15(21-19(23)17-10-12-25-14-17)20(24)22-11-6-5-9-18(22)13-16-7-3-2-4-8-16/h2-4,7-8,10,12,14-15,18H,5-6,9,11,13H2,1H3,(H,21,23)/t15-,18+/m1/s1. The van der Waals surface area contributed by atoms with E-state index in [0.29, 0.717) is 5.56 Å². The summed E-state index contributed by atoms with van der Waals surface area (Å²) in [4.78, 5) is 27.0. The smallest absolute Gasteiger partial charge is 0.255 e. The van der Waals surface area contributed by atoms with Crippen LogP contribution in [-0.2, 0) is 11.2 Å². The molecule has 3 rings (SSSR count). The van der Waals surface area contributed by atoms with Crippen molar-refractivity contribution in [2.75, 3.05) is 6.54 Å². The Hall–Kier alpha value is -2.56. The second-order valence-electron chi connectivity index (χ2n) is 6.58. The summed E-state index contributed by atoms with van der Waals surface area (Å²) in [7, 11) is 0. The van der Waals surface area contributed by atoms with Crippen molar-refractivity contribution in [1.29, 1.82) is 0 Å². The highest BCUT2D eigenvalue weighted by Gasteiger charge is 2.30. The van der Waals surface area contributed by atoms with Gasteiger partial charge in [0.05, 0.1) is 11.8 Å². The van der Waals surface area contributed by atoms with Crippen LogP contribution >= 0.6 is 0 Å². The molecule has 5 heteroatoms. The van der Waals surface area contributed by atoms with Crippen LogP contribution in [0.4, 0.5) is 0 Å². The van der Waals surface area contributed by atoms with Crippen molar-refractivity contribution in [1.82, 2.24) is 10.2 Å². The lowest BCUT2D eigenvalue weighted by molar-refractivity contribution is -0.136. The van der Waals surface area contributed by atoms with Gasteiger partial charge in [-0.25, -0.2) is 0 Å². The average molecular weight is 340 g/mol. The fourth-order valence-electron chi connectivity index (χ4n) is 3.37. The number of nitrogens with one attached hydrogen (secondary N) is 1. The molecule has 0 bridgehead atoms. The van der Waals surface area contributed by atoms with Gasteiger partial charge in [0.1, 0.15) is 12.3 Å². The predicted octanol–water partition coefficient (Wildman–Crippen LogP) is 3.02. The minimum absolute atomic E-state index is 0.0162. The Kier molecular flexibility index (Phi) is 5.53. The fraction of sp³-hybridized carbons (Fsp3) is 0.400. The number of nitrogens with zero attached hydrogens (tertiary/aromatic N) is 1. The maximum atomic E-state index is 12.9. The van der Waals surface area contributed by atoms with Gasteiger partial charge < -0.3 is 14.6 Å². The van der Waals surface area contributed by atoms with Crippen LogP contribution in [0.25, 0.3) is 0 Å². The van der Waals surface area contributed by atoms with Gasteiger partial charge in [-0.15, -0.1) is 0 Å². The van der Waals surface area contributed by atoms with E-state index in [0.717, 1.165) is 32.2 Å². The minimum atomic E-state index is -0.557. The van der Waals surface area contributed by atoms with Crippen LogP contribution in [-0.4, -0.2) is 35.3 Å². The van der Waals surface area contributed by atoms with Crippen LogP contribution in [0.5, 0.6) is 0 Å². The first-order valence-electron chi connectivity index (χ1n) is 8.82. The first-order chi connectivity index (χ1) is 12.1. The van der Waals surface area contributed by atoms with E-state index in [-0.39, 0.29) is 17.9 Å². The summed E-state index contributed by atoms with van der Waals surface area (Å²) in [5.74, 6) is -0.302. The molecule has 2 aromatic rings. The van der Waals surface area contributed by atoms with Gasteiger partial charge >= 0.3 is 0 Å². The van der Waals surface area contributed by atoms with Crippen LogP contribution in [0, 0.1) is 0 Å². The first kappa shape index (κ1) is 17.3. The topological polar surface area (TPSA) is 62.6 Å². The largest absolute Gasteiger partial charge is 0.472 e. The Balaban J connectivity index is 1.64. The predicted molar refractivity (Wildman–Crippen MR) is 95.1 cm³/mol. The Morgan fingerprint density at radius 3 is 2.76 bits per heavy atom. The van der Waals surface area contributed by atoms with E-state index in [1.54, 1.807) is 13.0 Å². The minimum Gasteiger partial charge on any atom is -0.472 e. The molecule has 1 aliphatic heterocycles. The summed E-state index contributed by atoms with van der Waals surface area (Å²) < 4.78 is 4.92.